The van der Waals surface area contributed by atoms with E-state index >= 15 is 0 Å². The molecule has 104 valence electrons. The highest BCUT2D eigenvalue weighted by Crippen LogP contribution is 2.25. The van der Waals surface area contributed by atoms with E-state index in [1.165, 1.54) is 0 Å². The van der Waals surface area contributed by atoms with Gasteiger partial charge in [-0.05, 0) is 62.3 Å². The van der Waals surface area contributed by atoms with Crippen LogP contribution in [0.3, 0.4) is 0 Å². The van der Waals surface area contributed by atoms with Gasteiger partial charge in [-0.3, -0.25) is 0 Å². The van der Waals surface area contributed by atoms with Crippen molar-refractivity contribution in [2.24, 2.45) is 5.92 Å². The third kappa shape index (κ3) is 3.70. The minimum atomic E-state index is -0.893. The summed E-state index contributed by atoms with van der Waals surface area (Å²) in [6.45, 7) is 2.80. The average Bonchev–Trinajstić information content (AvgIpc) is 2.39. The lowest BCUT2D eigenvalue weighted by Crippen LogP contribution is -2.23. The van der Waals surface area contributed by atoms with Crippen molar-refractivity contribution in [2.45, 2.75) is 38.7 Å². The number of nitrogens with one attached hydrogen (secondary N) is 1. The first-order chi connectivity index (χ1) is 9.06. The summed E-state index contributed by atoms with van der Waals surface area (Å²) in [5.74, 6) is -0.294. The molecule has 1 saturated carbocycles. The molecule has 0 unspecified atom stereocenters. The smallest absolute Gasteiger partial charge is 0.335 e. The number of rotatable bonds is 4. The molecule has 1 aliphatic rings. The molecule has 0 atom stereocenters. The van der Waals surface area contributed by atoms with Gasteiger partial charge in [-0.1, -0.05) is 0 Å². The van der Waals surface area contributed by atoms with Gasteiger partial charge in [-0.2, -0.15) is 0 Å². The van der Waals surface area contributed by atoms with Crippen LogP contribution in [0.5, 0.6) is 0 Å². The van der Waals surface area contributed by atoms with E-state index in [9.17, 15) is 9.90 Å². The van der Waals surface area contributed by atoms with Gasteiger partial charge in [0, 0.05) is 12.2 Å². The molecule has 0 bridgehead atoms. The van der Waals surface area contributed by atoms with Gasteiger partial charge in [-0.15, -0.1) is 0 Å². The van der Waals surface area contributed by atoms with Crippen LogP contribution < -0.4 is 5.32 Å². The number of benzene rings is 1. The molecule has 1 aromatic carbocycles. The summed E-state index contributed by atoms with van der Waals surface area (Å²) in [4.78, 5) is 10.9. The van der Waals surface area contributed by atoms with Gasteiger partial charge < -0.3 is 15.5 Å². The van der Waals surface area contributed by atoms with Crippen molar-refractivity contribution < 1.29 is 15.0 Å². The van der Waals surface area contributed by atoms with Gasteiger partial charge in [0.2, 0.25) is 0 Å². The van der Waals surface area contributed by atoms with E-state index in [4.69, 9.17) is 5.11 Å². The maximum atomic E-state index is 10.9. The van der Waals surface area contributed by atoms with Gasteiger partial charge in [0.25, 0.3) is 0 Å². The van der Waals surface area contributed by atoms with Gasteiger partial charge in [0.1, 0.15) is 0 Å². The van der Waals surface area contributed by atoms with Crippen molar-refractivity contribution in [3.8, 4) is 0 Å². The van der Waals surface area contributed by atoms with Crippen molar-refractivity contribution in [3.05, 3.63) is 29.3 Å². The largest absolute Gasteiger partial charge is 0.478 e. The lowest BCUT2D eigenvalue weighted by Gasteiger charge is -2.26. The molecule has 4 nitrogen and oxygen atoms in total. The molecule has 1 aromatic rings. The Morgan fingerprint density at radius 1 is 1.32 bits per heavy atom. The van der Waals surface area contributed by atoms with E-state index in [0.29, 0.717) is 11.5 Å². The molecule has 4 heteroatoms. The van der Waals surface area contributed by atoms with E-state index < -0.39 is 5.97 Å². The first-order valence-electron chi connectivity index (χ1n) is 6.82. The Hall–Kier alpha value is -1.55. The summed E-state index contributed by atoms with van der Waals surface area (Å²) >= 11 is 0. The molecule has 0 radical (unpaired) electrons. The number of aromatic carboxylic acids is 1. The quantitative estimate of drug-likeness (QED) is 0.781. The Morgan fingerprint density at radius 2 is 2.00 bits per heavy atom. The van der Waals surface area contributed by atoms with Crippen molar-refractivity contribution in [1.82, 2.24) is 0 Å². The van der Waals surface area contributed by atoms with Gasteiger partial charge in [0.15, 0.2) is 0 Å². The second-order valence-corrected chi connectivity index (χ2v) is 5.39. The van der Waals surface area contributed by atoms with Crippen LogP contribution in [0, 0.1) is 12.8 Å². The fourth-order valence-electron chi connectivity index (χ4n) is 2.60. The van der Waals surface area contributed by atoms with Crippen molar-refractivity contribution >= 4 is 11.7 Å². The van der Waals surface area contributed by atoms with Crippen molar-refractivity contribution in [1.29, 1.82) is 0 Å². The van der Waals surface area contributed by atoms with E-state index in [2.05, 4.69) is 5.32 Å². The minimum absolute atomic E-state index is 0.118. The number of hydrogen-bond donors (Lipinski definition) is 3. The first kappa shape index (κ1) is 13.9. The number of carboxylic acids is 1. The number of aliphatic hydroxyl groups excluding tert-OH is 1. The van der Waals surface area contributed by atoms with E-state index in [1.54, 1.807) is 12.1 Å². The second-order valence-electron chi connectivity index (χ2n) is 5.39. The number of hydrogen-bond acceptors (Lipinski definition) is 3. The van der Waals surface area contributed by atoms with Crippen LogP contribution in [0.15, 0.2) is 18.2 Å². The third-order valence-electron chi connectivity index (χ3n) is 3.87. The van der Waals surface area contributed by atoms with Crippen LogP contribution in [0.1, 0.15) is 41.6 Å². The standard InChI is InChI=1S/C15H21NO3/c1-10-8-12(15(18)19)4-7-14(10)16-9-11-2-5-13(17)6-3-11/h4,7-8,11,13,16-17H,2-3,5-6,9H2,1H3,(H,18,19). The summed E-state index contributed by atoms with van der Waals surface area (Å²) in [6, 6.07) is 5.15. The minimum Gasteiger partial charge on any atom is -0.478 e. The maximum absolute atomic E-state index is 10.9. The zero-order valence-electron chi connectivity index (χ0n) is 11.2. The number of aliphatic hydroxyl groups is 1. The molecule has 0 amide bonds. The SMILES string of the molecule is Cc1cc(C(=O)O)ccc1NCC1CCC(O)CC1. The number of carbonyl (C=O) groups is 1. The summed E-state index contributed by atoms with van der Waals surface area (Å²) in [5.41, 5.74) is 2.27. The lowest BCUT2D eigenvalue weighted by molar-refractivity contribution is 0.0697. The normalized spacial score (nSPS) is 23.1. The number of carboxylic acid groups (broad SMARTS) is 1. The number of aryl methyl sites for hydroxylation is 1. The Bertz CT molecular complexity index is 451. The zero-order valence-corrected chi connectivity index (χ0v) is 11.2. The monoisotopic (exact) mass is 263 g/mol. The summed E-state index contributed by atoms with van der Waals surface area (Å²) in [6.07, 6.45) is 3.78. The molecule has 0 aliphatic heterocycles. The fourth-order valence-corrected chi connectivity index (χ4v) is 2.60. The molecule has 0 heterocycles. The molecular weight excluding hydrogens is 242 g/mol. The first-order valence-corrected chi connectivity index (χ1v) is 6.82. The van der Waals surface area contributed by atoms with Crippen LogP contribution in [0.4, 0.5) is 5.69 Å². The van der Waals surface area contributed by atoms with E-state index in [1.807, 2.05) is 13.0 Å². The van der Waals surface area contributed by atoms with Crippen molar-refractivity contribution in [2.75, 3.05) is 11.9 Å². The highest BCUT2D eigenvalue weighted by molar-refractivity contribution is 5.88. The molecule has 3 N–H and O–H groups in total. The van der Waals surface area contributed by atoms with Crippen LogP contribution in [0.25, 0.3) is 0 Å². The molecule has 0 aromatic heterocycles. The Labute approximate surface area is 113 Å². The Balaban J connectivity index is 1.91. The topological polar surface area (TPSA) is 69.6 Å². The van der Waals surface area contributed by atoms with Crippen LogP contribution >= 0.6 is 0 Å². The third-order valence-corrected chi connectivity index (χ3v) is 3.87. The summed E-state index contributed by atoms with van der Waals surface area (Å²) < 4.78 is 0. The summed E-state index contributed by atoms with van der Waals surface area (Å²) in [7, 11) is 0. The van der Waals surface area contributed by atoms with Crippen LogP contribution in [-0.4, -0.2) is 28.8 Å². The highest BCUT2D eigenvalue weighted by atomic mass is 16.4. The second kappa shape index (κ2) is 6.06. The molecule has 0 saturated heterocycles. The Kier molecular flexibility index (Phi) is 4.43. The lowest BCUT2D eigenvalue weighted by atomic mass is 9.87. The van der Waals surface area contributed by atoms with Crippen LogP contribution in [0.2, 0.25) is 0 Å². The molecular formula is C15H21NO3. The zero-order chi connectivity index (χ0) is 13.8. The van der Waals surface area contributed by atoms with Crippen LogP contribution in [-0.2, 0) is 0 Å². The average molecular weight is 263 g/mol. The maximum Gasteiger partial charge on any atom is 0.335 e. The van der Waals surface area contributed by atoms with E-state index in [0.717, 1.165) is 43.5 Å². The number of anilines is 1. The molecule has 0 spiro atoms. The highest BCUT2D eigenvalue weighted by Gasteiger charge is 2.19. The van der Waals surface area contributed by atoms with Gasteiger partial charge >= 0.3 is 5.97 Å². The Morgan fingerprint density at radius 3 is 2.58 bits per heavy atom. The van der Waals surface area contributed by atoms with Crippen molar-refractivity contribution in [3.63, 3.8) is 0 Å². The molecule has 19 heavy (non-hydrogen) atoms. The van der Waals surface area contributed by atoms with Gasteiger partial charge in [-0.25, -0.2) is 4.79 Å². The molecule has 2 rings (SSSR count). The predicted octanol–water partition coefficient (Wildman–Crippen LogP) is 2.66. The summed E-state index contributed by atoms with van der Waals surface area (Å²) in [5, 5.41) is 21.8. The predicted molar refractivity (Wildman–Crippen MR) is 74.6 cm³/mol. The molecule has 1 fully saturated rings. The van der Waals surface area contributed by atoms with Gasteiger partial charge in [0.05, 0.1) is 11.7 Å². The molecule has 1 aliphatic carbocycles. The van der Waals surface area contributed by atoms with E-state index in [-0.39, 0.29) is 6.10 Å². The fraction of sp³-hybridized carbons (Fsp3) is 0.533.